The number of pyridine rings is 1. The number of aryl methyl sites for hydroxylation is 2. The first-order valence-electron chi connectivity index (χ1n) is 8.66. The molecule has 0 unspecified atom stereocenters. The summed E-state index contributed by atoms with van der Waals surface area (Å²) in [5, 5.41) is 4.44. The van der Waals surface area contributed by atoms with E-state index >= 15 is 0 Å². The minimum Gasteiger partial charge on any atom is -0.371 e. The van der Waals surface area contributed by atoms with Gasteiger partial charge in [0.1, 0.15) is 0 Å². The molecular weight excluding hydrogens is 326 g/mol. The number of anilines is 2. The monoisotopic (exact) mass is 347 g/mol. The van der Waals surface area contributed by atoms with Crippen molar-refractivity contribution in [2.24, 2.45) is 0 Å². The fourth-order valence-corrected chi connectivity index (χ4v) is 3.37. The molecule has 26 heavy (non-hydrogen) atoms. The molecule has 0 spiro atoms. The molecular formula is C20H21N5O. The predicted octanol–water partition coefficient (Wildman–Crippen LogP) is 2.98. The first-order valence-corrected chi connectivity index (χ1v) is 8.66. The highest BCUT2D eigenvalue weighted by molar-refractivity contribution is 6.08. The van der Waals surface area contributed by atoms with Gasteiger partial charge in [-0.2, -0.15) is 5.10 Å². The summed E-state index contributed by atoms with van der Waals surface area (Å²) < 4.78 is 1.79. The second-order valence-electron chi connectivity index (χ2n) is 6.61. The van der Waals surface area contributed by atoms with Crippen molar-refractivity contribution in [2.75, 3.05) is 29.9 Å². The number of amides is 1. The minimum absolute atomic E-state index is 0.0297. The Morgan fingerprint density at radius 3 is 2.46 bits per heavy atom. The number of para-hydroxylation sites is 2. The molecule has 0 bridgehead atoms. The quantitative estimate of drug-likeness (QED) is 0.715. The van der Waals surface area contributed by atoms with Gasteiger partial charge in [0, 0.05) is 32.0 Å². The zero-order chi connectivity index (χ0) is 18.3. The third-order valence-electron chi connectivity index (χ3n) is 4.71. The zero-order valence-corrected chi connectivity index (χ0v) is 15.2. The maximum atomic E-state index is 13.0. The summed E-state index contributed by atoms with van der Waals surface area (Å²) in [5.74, 6) is 0.684. The Balaban J connectivity index is 1.63. The van der Waals surface area contributed by atoms with Crippen LogP contribution in [0.4, 0.5) is 11.4 Å². The van der Waals surface area contributed by atoms with Gasteiger partial charge in [0.25, 0.3) is 5.91 Å². The number of hydrogen-bond donors (Lipinski definition) is 0. The number of rotatable bonds is 2. The number of carbonyl (C=O) groups is 1. The van der Waals surface area contributed by atoms with Gasteiger partial charge in [0.05, 0.1) is 22.6 Å². The molecule has 1 amide bonds. The van der Waals surface area contributed by atoms with Crippen LogP contribution in [0.5, 0.6) is 0 Å². The van der Waals surface area contributed by atoms with Gasteiger partial charge in [-0.15, -0.1) is 0 Å². The SMILES string of the molecule is Cc1cc(C)n(-c2ccc(C(=O)N3CCN(C)c4ccccc43)cn2)n1. The third-order valence-corrected chi connectivity index (χ3v) is 4.71. The molecule has 6 nitrogen and oxygen atoms in total. The van der Waals surface area contributed by atoms with E-state index < -0.39 is 0 Å². The highest BCUT2D eigenvalue weighted by Gasteiger charge is 2.25. The summed E-state index contributed by atoms with van der Waals surface area (Å²) in [6.07, 6.45) is 1.63. The second-order valence-corrected chi connectivity index (χ2v) is 6.61. The highest BCUT2D eigenvalue weighted by atomic mass is 16.2. The minimum atomic E-state index is -0.0297. The lowest BCUT2D eigenvalue weighted by molar-refractivity contribution is 0.0986. The van der Waals surface area contributed by atoms with E-state index in [2.05, 4.69) is 15.0 Å². The smallest absolute Gasteiger partial charge is 0.259 e. The van der Waals surface area contributed by atoms with E-state index in [-0.39, 0.29) is 5.91 Å². The molecule has 0 saturated carbocycles. The third kappa shape index (κ3) is 2.73. The lowest BCUT2D eigenvalue weighted by atomic mass is 10.1. The van der Waals surface area contributed by atoms with Gasteiger partial charge in [0.15, 0.2) is 5.82 Å². The molecule has 132 valence electrons. The van der Waals surface area contributed by atoms with Crippen LogP contribution in [-0.4, -0.2) is 40.8 Å². The number of aromatic nitrogens is 3. The van der Waals surface area contributed by atoms with Gasteiger partial charge in [0.2, 0.25) is 0 Å². The predicted molar refractivity (Wildman–Crippen MR) is 102 cm³/mol. The summed E-state index contributed by atoms with van der Waals surface area (Å²) >= 11 is 0. The highest BCUT2D eigenvalue weighted by Crippen LogP contribution is 2.32. The van der Waals surface area contributed by atoms with E-state index in [1.807, 2.05) is 68.3 Å². The average Bonchev–Trinajstić information content (AvgIpc) is 3.00. The molecule has 3 heterocycles. The van der Waals surface area contributed by atoms with Gasteiger partial charge < -0.3 is 9.80 Å². The van der Waals surface area contributed by atoms with Crippen molar-refractivity contribution in [1.82, 2.24) is 14.8 Å². The van der Waals surface area contributed by atoms with Gasteiger partial charge >= 0.3 is 0 Å². The van der Waals surface area contributed by atoms with Gasteiger partial charge in [-0.05, 0) is 44.2 Å². The Morgan fingerprint density at radius 1 is 1.04 bits per heavy atom. The van der Waals surface area contributed by atoms with E-state index in [9.17, 15) is 4.79 Å². The van der Waals surface area contributed by atoms with Gasteiger partial charge in [-0.3, -0.25) is 4.79 Å². The van der Waals surface area contributed by atoms with E-state index in [0.29, 0.717) is 17.9 Å². The molecule has 0 atom stereocenters. The maximum Gasteiger partial charge on any atom is 0.259 e. The fourth-order valence-electron chi connectivity index (χ4n) is 3.37. The number of carbonyl (C=O) groups excluding carboxylic acids is 1. The molecule has 1 aliphatic heterocycles. The van der Waals surface area contributed by atoms with Crippen LogP contribution < -0.4 is 9.80 Å². The Kier molecular flexibility index (Phi) is 3.95. The van der Waals surface area contributed by atoms with E-state index in [4.69, 9.17) is 0 Å². The van der Waals surface area contributed by atoms with Crippen LogP contribution in [0.15, 0.2) is 48.7 Å². The van der Waals surface area contributed by atoms with Crippen LogP contribution in [0, 0.1) is 13.8 Å². The molecule has 6 heteroatoms. The molecule has 0 radical (unpaired) electrons. The van der Waals surface area contributed by atoms with Crippen molar-refractivity contribution >= 4 is 17.3 Å². The Labute approximate surface area is 152 Å². The Morgan fingerprint density at radius 2 is 1.81 bits per heavy atom. The van der Waals surface area contributed by atoms with Crippen LogP contribution in [-0.2, 0) is 0 Å². The lowest BCUT2D eigenvalue weighted by Gasteiger charge is -2.35. The lowest BCUT2D eigenvalue weighted by Crippen LogP contribution is -2.42. The van der Waals surface area contributed by atoms with Crippen LogP contribution in [0.1, 0.15) is 21.7 Å². The van der Waals surface area contributed by atoms with Crippen molar-refractivity contribution in [3.63, 3.8) is 0 Å². The Hall–Kier alpha value is -3.15. The van der Waals surface area contributed by atoms with Crippen molar-refractivity contribution in [2.45, 2.75) is 13.8 Å². The zero-order valence-electron chi connectivity index (χ0n) is 15.2. The summed E-state index contributed by atoms with van der Waals surface area (Å²) in [4.78, 5) is 21.5. The molecule has 2 aromatic heterocycles. The van der Waals surface area contributed by atoms with Crippen molar-refractivity contribution in [3.8, 4) is 5.82 Å². The summed E-state index contributed by atoms with van der Waals surface area (Å²) in [5.41, 5.74) is 4.54. The van der Waals surface area contributed by atoms with Crippen LogP contribution in [0.25, 0.3) is 5.82 Å². The summed E-state index contributed by atoms with van der Waals surface area (Å²) in [6, 6.07) is 13.6. The van der Waals surface area contributed by atoms with Gasteiger partial charge in [-0.1, -0.05) is 12.1 Å². The van der Waals surface area contributed by atoms with E-state index in [1.54, 1.807) is 10.9 Å². The molecule has 0 N–H and O–H groups in total. The van der Waals surface area contributed by atoms with Crippen LogP contribution in [0.2, 0.25) is 0 Å². The fraction of sp³-hybridized carbons (Fsp3) is 0.250. The molecule has 4 rings (SSSR count). The van der Waals surface area contributed by atoms with Crippen molar-refractivity contribution < 1.29 is 4.79 Å². The van der Waals surface area contributed by atoms with Crippen molar-refractivity contribution in [3.05, 3.63) is 65.6 Å². The molecule has 0 fully saturated rings. The van der Waals surface area contributed by atoms with Gasteiger partial charge in [-0.25, -0.2) is 9.67 Å². The number of fused-ring (bicyclic) bond motifs is 1. The number of hydrogen-bond acceptors (Lipinski definition) is 4. The normalized spacial score (nSPS) is 13.7. The second kappa shape index (κ2) is 6.29. The van der Waals surface area contributed by atoms with E-state index in [0.717, 1.165) is 29.3 Å². The number of benzene rings is 1. The van der Waals surface area contributed by atoms with Crippen LogP contribution in [0.3, 0.4) is 0 Å². The molecule has 3 aromatic rings. The first-order chi connectivity index (χ1) is 12.5. The number of likely N-dealkylation sites (N-methyl/N-ethyl adjacent to an activating group) is 1. The molecule has 1 aromatic carbocycles. The number of nitrogens with zero attached hydrogens (tertiary/aromatic N) is 5. The van der Waals surface area contributed by atoms with Crippen LogP contribution >= 0.6 is 0 Å². The Bertz CT molecular complexity index is 961. The summed E-state index contributed by atoms with van der Waals surface area (Å²) in [7, 11) is 2.05. The van der Waals surface area contributed by atoms with E-state index in [1.165, 1.54) is 0 Å². The molecule has 0 saturated heterocycles. The summed E-state index contributed by atoms with van der Waals surface area (Å²) in [6.45, 7) is 5.40. The topological polar surface area (TPSA) is 54.3 Å². The average molecular weight is 347 g/mol. The molecule has 1 aliphatic rings. The maximum absolute atomic E-state index is 13.0. The first kappa shape index (κ1) is 16.3. The standard InChI is InChI=1S/C20H21N5O/c1-14-12-15(2)25(22-14)19-9-8-16(13-21-19)20(26)24-11-10-23(3)17-6-4-5-7-18(17)24/h4-9,12-13H,10-11H2,1-3H3. The van der Waals surface area contributed by atoms with Crippen molar-refractivity contribution in [1.29, 1.82) is 0 Å². The largest absolute Gasteiger partial charge is 0.371 e. The molecule has 0 aliphatic carbocycles.